The minimum absolute atomic E-state index is 0.0148. The van der Waals surface area contributed by atoms with Crippen LogP contribution in [0.4, 0.5) is 5.69 Å². The monoisotopic (exact) mass is 1360 g/mol. The molecule has 0 aromatic heterocycles. The van der Waals surface area contributed by atoms with Crippen LogP contribution in [-0.2, 0) is 87.4 Å². The number of amides is 6. The lowest BCUT2D eigenvalue weighted by Crippen LogP contribution is -2.53. The summed E-state index contributed by atoms with van der Waals surface area (Å²) in [4.78, 5) is 89.7. The first kappa shape index (κ1) is 77.5. The van der Waals surface area contributed by atoms with E-state index < -0.39 is 53.9 Å². The summed E-state index contributed by atoms with van der Waals surface area (Å²) < 4.78 is 57.1. The third kappa shape index (κ3) is 29.6. The number of hydrogen-bond donors (Lipinski definition) is 8. The van der Waals surface area contributed by atoms with Gasteiger partial charge in [0.2, 0.25) is 35.4 Å². The summed E-state index contributed by atoms with van der Waals surface area (Å²) in [7, 11) is 0. The molecule has 6 amide bonds. The number of esters is 1. The highest BCUT2D eigenvalue weighted by atomic mass is 79.9. The van der Waals surface area contributed by atoms with Gasteiger partial charge in [0.05, 0.1) is 128 Å². The summed E-state index contributed by atoms with van der Waals surface area (Å²) in [5, 5.41) is 38.1. The van der Waals surface area contributed by atoms with E-state index in [1.807, 2.05) is 32.1 Å². The normalized spacial score (nSPS) is 25.0. The molecule has 3 heterocycles. The van der Waals surface area contributed by atoms with Crippen LogP contribution in [0, 0.1) is 11.8 Å². The van der Waals surface area contributed by atoms with Gasteiger partial charge in [-0.15, -0.1) is 0 Å². The molecule has 11 atom stereocenters. The van der Waals surface area contributed by atoms with Crippen LogP contribution < -0.4 is 31.9 Å². The molecular weight excluding hydrogens is 1260 g/mol. The Kier molecular flexibility index (Phi) is 35.6. The number of hydrogen-bond acceptors (Lipinski definition) is 19. The van der Waals surface area contributed by atoms with Gasteiger partial charge in [0.1, 0.15) is 36.0 Å². The summed E-state index contributed by atoms with van der Waals surface area (Å²) in [6, 6.07) is 4.98. The van der Waals surface area contributed by atoms with Crippen molar-refractivity contribution in [2.24, 2.45) is 11.8 Å². The molecule has 4 aliphatic rings. The molecule has 26 heteroatoms. The van der Waals surface area contributed by atoms with Crippen molar-refractivity contribution in [3.8, 4) is 0 Å². The minimum atomic E-state index is -0.964. The SMILES string of the molecule is CC(/C=C/[C@H]1O[C@H](CC(=O)NC2CCC(OC(=O)CCc3ccccc3NC(=O)[C@H](C)NC(=O)[C@@H](NC(=O)CCOCCOCCOCCOCCOCCOCCNC(=O)CBr)C(C)C)CC2)C[C@@]2(CO2)[C@@H]1O)=C\C[C@@H]1O[C@H](C)C(NC(=O)/C=C\[C@H](C)O)C[C@@H]1C. The van der Waals surface area contributed by atoms with Crippen molar-refractivity contribution in [2.75, 3.05) is 103 Å². The largest absolute Gasteiger partial charge is 0.462 e. The molecule has 0 bridgehead atoms. The first-order valence-corrected chi connectivity index (χ1v) is 33.7. The highest BCUT2D eigenvalue weighted by molar-refractivity contribution is 9.09. The molecule has 1 aromatic carbocycles. The number of aliphatic hydroxyl groups is 2. The first-order valence-electron chi connectivity index (χ1n) is 32.6. The Morgan fingerprint density at radius 1 is 0.750 bits per heavy atom. The second-order valence-electron chi connectivity index (χ2n) is 24.4. The Morgan fingerprint density at radius 3 is 1.98 bits per heavy atom. The summed E-state index contributed by atoms with van der Waals surface area (Å²) >= 11 is 3.08. The Bertz CT molecular complexity index is 2530. The molecule has 1 aromatic rings. The van der Waals surface area contributed by atoms with Gasteiger partial charge >= 0.3 is 5.97 Å². The van der Waals surface area contributed by atoms with Crippen LogP contribution in [0.5, 0.6) is 0 Å². The number of benzene rings is 1. The number of ether oxygens (including phenoxy) is 10. The lowest BCUT2D eigenvalue weighted by atomic mass is 9.87. The Balaban J connectivity index is 0.907. The number of para-hydroxylation sites is 1. The van der Waals surface area contributed by atoms with Gasteiger partial charge in [0.15, 0.2) is 0 Å². The molecule has 3 saturated heterocycles. The molecule has 25 nitrogen and oxygen atoms in total. The van der Waals surface area contributed by atoms with E-state index in [0.29, 0.717) is 129 Å². The van der Waals surface area contributed by atoms with E-state index >= 15 is 0 Å². The summed E-state index contributed by atoms with van der Waals surface area (Å²) in [6.07, 6.45) is 9.99. The third-order valence-corrected chi connectivity index (χ3v) is 16.8. The lowest BCUT2D eigenvalue weighted by molar-refractivity contribution is -0.151. The van der Waals surface area contributed by atoms with Crippen LogP contribution in [-0.4, -0.2) is 222 Å². The van der Waals surface area contributed by atoms with Gasteiger partial charge in [0.25, 0.3) is 0 Å². The number of rotatable bonds is 42. The number of anilines is 1. The topological polar surface area (TPSA) is 328 Å². The third-order valence-electron chi connectivity index (χ3n) is 16.2. The number of nitrogens with one attached hydrogen (secondary N) is 6. The molecular formula is C66H103BrN6O19. The average Bonchev–Trinajstić information content (AvgIpc) is 1.61. The molecule has 0 radical (unpaired) electrons. The molecule has 92 heavy (non-hydrogen) atoms. The van der Waals surface area contributed by atoms with Crippen molar-refractivity contribution in [1.29, 1.82) is 0 Å². The maximum Gasteiger partial charge on any atom is 0.306 e. The minimum Gasteiger partial charge on any atom is -0.462 e. The van der Waals surface area contributed by atoms with E-state index in [4.69, 9.17) is 47.4 Å². The Labute approximate surface area is 550 Å². The Morgan fingerprint density at radius 2 is 1.37 bits per heavy atom. The number of epoxide rings is 1. The van der Waals surface area contributed by atoms with Gasteiger partial charge in [-0.2, -0.15) is 0 Å². The fraction of sp³-hybridized carbons (Fsp3) is 0.712. The quantitative estimate of drug-likeness (QED) is 0.0115. The standard InChI is InChI=1S/C66H103BrN6O19/c1-43(2)62(73-58(76)24-26-83-28-30-85-32-34-87-36-37-88-35-33-86-31-29-84-27-25-68-60(78)41-67)65(82)69-47(6)64(81)72-53-11-9-8-10-49(53)15-23-61(79)92-51-18-16-50(17-19-51)70-59(77)39-52-40-66(42-89-66)63(80)56(91-52)21-13-44(3)12-20-55-45(4)38-54(48(7)90-55)71-57(75)22-14-46(5)74/h8-14,21-22,43,45-48,50-52,54-56,62-63,74,80H,15-20,23-42H2,1-7H3,(H,68,78)(H,69,82)(H,70,77)(H,71,75)(H,72,81)(H,73,76)/b21-13+,22-14-,44-12+/t45-,46-,47-,48+,50?,51?,52+,54?,55-,56+,62-,63+,66+/m0/s1. The molecule has 518 valence electrons. The van der Waals surface area contributed by atoms with Crippen molar-refractivity contribution >= 4 is 63.0 Å². The second-order valence-corrected chi connectivity index (χ2v) is 24.9. The highest BCUT2D eigenvalue weighted by Gasteiger charge is 2.58. The zero-order valence-corrected chi connectivity index (χ0v) is 56.4. The molecule has 3 aliphatic heterocycles. The predicted octanol–water partition coefficient (Wildman–Crippen LogP) is 3.98. The number of halogens is 1. The molecule has 5 rings (SSSR count). The maximum atomic E-state index is 13.4. The summed E-state index contributed by atoms with van der Waals surface area (Å²) in [6.45, 7) is 17.9. The number of carbonyl (C=O) groups excluding carboxylic acids is 7. The van der Waals surface area contributed by atoms with Gasteiger partial charge in [-0.05, 0) is 96.1 Å². The predicted molar refractivity (Wildman–Crippen MR) is 345 cm³/mol. The lowest BCUT2D eigenvalue weighted by Gasteiger charge is -2.39. The van der Waals surface area contributed by atoms with Gasteiger partial charge < -0.3 is 89.5 Å². The van der Waals surface area contributed by atoms with Crippen LogP contribution in [0.15, 0.2) is 60.2 Å². The van der Waals surface area contributed by atoms with Crippen LogP contribution in [0.25, 0.3) is 0 Å². The molecule has 8 N–H and O–H groups in total. The van der Waals surface area contributed by atoms with Crippen molar-refractivity contribution in [3.05, 3.63) is 65.8 Å². The van der Waals surface area contributed by atoms with Crippen molar-refractivity contribution in [1.82, 2.24) is 26.6 Å². The van der Waals surface area contributed by atoms with Gasteiger partial charge in [-0.1, -0.05) is 84.8 Å². The maximum absolute atomic E-state index is 13.4. The number of carbonyl (C=O) groups is 7. The van der Waals surface area contributed by atoms with Crippen LogP contribution in [0.3, 0.4) is 0 Å². The van der Waals surface area contributed by atoms with Crippen LogP contribution in [0.1, 0.15) is 118 Å². The van der Waals surface area contributed by atoms with E-state index in [9.17, 15) is 43.8 Å². The van der Waals surface area contributed by atoms with E-state index in [2.05, 4.69) is 60.8 Å². The zero-order valence-electron chi connectivity index (χ0n) is 54.8. The van der Waals surface area contributed by atoms with Crippen molar-refractivity contribution < 1.29 is 91.1 Å². The molecule has 1 saturated carbocycles. The fourth-order valence-electron chi connectivity index (χ4n) is 10.8. The fourth-order valence-corrected chi connectivity index (χ4v) is 11.0. The summed E-state index contributed by atoms with van der Waals surface area (Å²) in [5.41, 5.74) is 1.40. The number of allylic oxidation sites excluding steroid dienone is 2. The Hall–Kier alpha value is -5.23. The van der Waals surface area contributed by atoms with Crippen molar-refractivity contribution in [2.45, 2.75) is 192 Å². The first-order chi connectivity index (χ1) is 44.1. The molecule has 1 unspecified atom stereocenters. The number of aryl methyl sites for hydroxylation is 1. The smallest absolute Gasteiger partial charge is 0.306 e. The molecule has 1 spiro atoms. The van der Waals surface area contributed by atoms with E-state index in [1.165, 1.54) is 12.2 Å². The van der Waals surface area contributed by atoms with E-state index in [-0.39, 0.29) is 116 Å². The van der Waals surface area contributed by atoms with Gasteiger partial charge in [-0.25, -0.2) is 0 Å². The van der Waals surface area contributed by atoms with Gasteiger partial charge in [0, 0.05) is 43.6 Å². The van der Waals surface area contributed by atoms with E-state index in [0.717, 1.165) is 12.0 Å². The van der Waals surface area contributed by atoms with Crippen LogP contribution >= 0.6 is 15.9 Å². The van der Waals surface area contributed by atoms with Gasteiger partial charge in [-0.3, -0.25) is 33.6 Å². The molecule has 4 fully saturated rings. The molecule has 1 aliphatic carbocycles. The number of alkyl halides is 1. The van der Waals surface area contributed by atoms with Crippen LogP contribution in [0.2, 0.25) is 0 Å². The zero-order chi connectivity index (χ0) is 66.8. The van der Waals surface area contributed by atoms with Crippen molar-refractivity contribution in [3.63, 3.8) is 0 Å². The highest BCUT2D eigenvalue weighted by Crippen LogP contribution is 2.43. The summed E-state index contributed by atoms with van der Waals surface area (Å²) in [5.74, 6) is -2.38. The van der Waals surface area contributed by atoms with E-state index in [1.54, 1.807) is 45.9 Å². The number of aliphatic hydroxyl groups excluding tert-OH is 2. The second kappa shape index (κ2) is 42.3. The average molecular weight is 1360 g/mol.